The number of benzene rings is 1. The summed E-state index contributed by atoms with van der Waals surface area (Å²) in [6.07, 6.45) is 6.50. The van der Waals surface area contributed by atoms with Crippen LogP contribution in [0.25, 0.3) is 11.3 Å². The van der Waals surface area contributed by atoms with Crippen LogP contribution in [0, 0.1) is 0 Å². The highest BCUT2D eigenvalue weighted by Crippen LogP contribution is 2.28. The van der Waals surface area contributed by atoms with E-state index in [1.54, 1.807) is 6.92 Å². The predicted molar refractivity (Wildman–Crippen MR) is 96.1 cm³/mol. The van der Waals surface area contributed by atoms with Gasteiger partial charge in [-0.2, -0.15) is 10.3 Å². The van der Waals surface area contributed by atoms with Gasteiger partial charge in [0.1, 0.15) is 5.69 Å². The maximum Gasteiger partial charge on any atom is 0.361 e. The molecule has 0 bridgehead atoms. The molecule has 1 aliphatic carbocycles. The third-order valence-corrected chi connectivity index (χ3v) is 4.91. The summed E-state index contributed by atoms with van der Waals surface area (Å²) in [5.41, 5.74) is 2.89. The molecule has 0 atom stereocenters. The molecule has 134 valence electrons. The summed E-state index contributed by atoms with van der Waals surface area (Å²) in [5, 5.41) is 10.8. The van der Waals surface area contributed by atoms with E-state index in [-0.39, 0.29) is 5.69 Å². The Balaban J connectivity index is 1.84. The van der Waals surface area contributed by atoms with E-state index >= 15 is 0 Å². The van der Waals surface area contributed by atoms with Crippen molar-refractivity contribution in [3.63, 3.8) is 0 Å². The van der Waals surface area contributed by atoms with E-state index in [9.17, 15) is 4.79 Å². The number of carbonyl (C=O) groups excluding carboxylic acids is 1. The lowest BCUT2D eigenvalue weighted by Gasteiger charge is -2.31. The van der Waals surface area contributed by atoms with Gasteiger partial charge in [0.2, 0.25) is 0 Å². The van der Waals surface area contributed by atoms with Gasteiger partial charge in [0.05, 0.1) is 6.61 Å². The molecule has 1 aromatic heterocycles. The van der Waals surface area contributed by atoms with E-state index in [1.807, 2.05) is 18.2 Å². The Morgan fingerprint density at radius 1 is 1.24 bits per heavy atom. The van der Waals surface area contributed by atoms with Crippen molar-refractivity contribution in [2.45, 2.75) is 51.6 Å². The summed E-state index contributed by atoms with van der Waals surface area (Å²) in [4.78, 5) is 14.5. The van der Waals surface area contributed by atoms with Crippen LogP contribution in [-0.2, 0) is 11.3 Å². The van der Waals surface area contributed by atoms with Gasteiger partial charge in [-0.15, -0.1) is 5.10 Å². The molecule has 6 heteroatoms. The van der Waals surface area contributed by atoms with Crippen molar-refractivity contribution in [2.24, 2.45) is 0 Å². The average molecular weight is 342 g/mol. The molecule has 0 radical (unpaired) electrons. The zero-order chi connectivity index (χ0) is 17.6. The van der Waals surface area contributed by atoms with E-state index in [0.717, 1.165) is 17.7 Å². The molecule has 25 heavy (non-hydrogen) atoms. The van der Waals surface area contributed by atoms with Crippen molar-refractivity contribution in [3.8, 4) is 11.3 Å². The first-order chi connectivity index (χ1) is 12.2. The number of ether oxygens (including phenoxy) is 1. The molecular formula is C19H26N4O2. The van der Waals surface area contributed by atoms with E-state index < -0.39 is 5.97 Å². The lowest BCUT2D eigenvalue weighted by molar-refractivity contribution is 0.0520. The second kappa shape index (κ2) is 8.25. The minimum atomic E-state index is -0.443. The summed E-state index contributed by atoms with van der Waals surface area (Å²) in [6.45, 7) is 2.93. The van der Waals surface area contributed by atoms with E-state index in [4.69, 9.17) is 4.74 Å². The van der Waals surface area contributed by atoms with Crippen molar-refractivity contribution in [3.05, 3.63) is 35.5 Å². The molecule has 0 saturated heterocycles. The molecule has 6 nitrogen and oxygen atoms in total. The van der Waals surface area contributed by atoms with Crippen LogP contribution in [0.2, 0.25) is 0 Å². The highest BCUT2D eigenvalue weighted by molar-refractivity contribution is 5.94. The number of carbonyl (C=O) groups is 1. The van der Waals surface area contributed by atoms with Crippen LogP contribution in [0.1, 0.15) is 55.1 Å². The van der Waals surface area contributed by atoms with Gasteiger partial charge in [0.15, 0.2) is 5.69 Å². The molecule has 0 amide bonds. The predicted octanol–water partition coefficient (Wildman–Crippen LogP) is 3.41. The molecular weight excluding hydrogens is 316 g/mol. The number of nitrogens with one attached hydrogen (secondary N) is 1. The van der Waals surface area contributed by atoms with Gasteiger partial charge in [-0.25, -0.2) is 4.79 Å². The first-order valence-corrected chi connectivity index (χ1v) is 9.07. The Morgan fingerprint density at radius 2 is 2.00 bits per heavy atom. The monoisotopic (exact) mass is 342 g/mol. The lowest BCUT2D eigenvalue weighted by atomic mass is 9.93. The molecule has 1 heterocycles. The van der Waals surface area contributed by atoms with Crippen molar-refractivity contribution in [1.82, 2.24) is 20.3 Å². The van der Waals surface area contributed by atoms with Crippen LogP contribution in [0.4, 0.5) is 0 Å². The SMILES string of the molecule is CCOC(=O)c1n[nH]nc1-c1ccccc1CN(C)C1CCCCC1. The van der Waals surface area contributed by atoms with Crippen LogP contribution < -0.4 is 0 Å². The van der Waals surface area contributed by atoms with Crippen LogP contribution in [0.15, 0.2) is 24.3 Å². The number of hydrogen-bond donors (Lipinski definition) is 1. The van der Waals surface area contributed by atoms with Gasteiger partial charge in [-0.1, -0.05) is 43.5 Å². The third kappa shape index (κ3) is 4.07. The van der Waals surface area contributed by atoms with Gasteiger partial charge in [-0.05, 0) is 32.4 Å². The Morgan fingerprint density at radius 3 is 2.76 bits per heavy atom. The van der Waals surface area contributed by atoms with Crippen molar-refractivity contribution in [2.75, 3.05) is 13.7 Å². The van der Waals surface area contributed by atoms with E-state index in [0.29, 0.717) is 18.3 Å². The summed E-state index contributed by atoms with van der Waals surface area (Å²) in [5.74, 6) is -0.443. The second-order valence-electron chi connectivity index (χ2n) is 6.61. The van der Waals surface area contributed by atoms with Crippen molar-refractivity contribution < 1.29 is 9.53 Å². The average Bonchev–Trinajstić information content (AvgIpc) is 3.13. The molecule has 1 aromatic carbocycles. The molecule has 0 unspecified atom stereocenters. The normalized spacial score (nSPS) is 15.5. The zero-order valence-corrected chi connectivity index (χ0v) is 15.0. The minimum Gasteiger partial charge on any atom is -0.461 e. The number of nitrogens with zero attached hydrogens (tertiary/aromatic N) is 3. The third-order valence-electron chi connectivity index (χ3n) is 4.91. The number of aromatic amines is 1. The Labute approximate surface area is 148 Å². The summed E-state index contributed by atoms with van der Waals surface area (Å²) in [6, 6.07) is 8.70. The number of hydrogen-bond acceptors (Lipinski definition) is 5. The molecule has 1 saturated carbocycles. The topological polar surface area (TPSA) is 71.1 Å². The standard InChI is InChI=1S/C19H26N4O2/c1-3-25-19(24)18-17(20-22-21-18)16-12-8-7-9-14(16)13-23(2)15-10-5-4-6-11-15/h7-9,12,15H,3-6,10-11,13H2,1-2H3,(H,20,21,22). The van der Waals surface area contributed by atoms with Crippen LogP contribution >= 0.6 is 0 Å². The molecule has 1 aliphatic rings. The molecule has 3 rings (SSSR count). The summed E-state index contributed by atoms with van der Waals surface area (Å²) < 4.78 is 5.09. The number of rotatable bonds is 6. The fraction of sp³-hybridized carbons (Fsp3) is 0.526. The Bertz CT molecular complexity index is 707. The van der Waals surface area contributed by atoms with Crippen LogP contribution in [-0.4, -0.2) is 46.0 Å². The zero-order valence-electron chi connectivity index (χ0n) is 15.0. The molecule has 0 spiro atoms. The summed E-state index contributed by atoms with van der Waals surface area (Å²) in [7, 11) is 2.18. The Hall–Kier alpha value is -2.21. The molecule has 1 fully saturated rings. The minimum absolute atomic E-state index is 0.245. The maximum atomic E-state index is 12.1. The first-order valence-electron chi connectivity index (χ1n) is 9.07. The highest BCUT2D eigenvalue weighted by atomic mass is 16.5. The van der Waals surface area contributed by atoms with Crippen molar-refractivity contribution >= 4 is 5.97 Å². The molecule has 1 N–H and O–H groups in total. The first kappa shape index (κ1) is 17.6. The van der Waals surface area contributed by atoms with E-state index in [2.05, 4.69) is 33.4 Å². The summed E-state index contributed by atoms with van der Waals surface area (Å²) >= 11 is 0. The highest BCUT2D eigenvalue weighted by Gasteiger charge is 2.23. The lowest BCUT2D eigenvalue weighted by Crippen LogP contribution is -2.33. The fourth-order valence-corrected chi connectivity index (χ4v) is 3.57. The maximum absolute atomic E-state index is 12.1. The Kier molecular flexibility index (Phi) is 5.81. The molecule has 0 aliphatic heterocycles. The number of esters is 1. The quantitative estimate of drug-likeness (QED) is 0.815. The fourth-order valence-electron chi connectivity index (χ4n) is 3.57. The smallest absolute Gasteiger partial charge is 0.361 e. The van der Waals surface area contributed by atoms with E-state index in [1.165, 1.54) is 32.1 Å². The van der Waals surface area contributed by atoms with Gasteiger partial charge < -0.3 is 4.74 Å². The largest absolute Gasteiger partial charge is 0.461 e. The van der Waals surface area contributed by atoms with Crippen molar-refractivity contribution in [1.29, 1.82) is 0 Å². The molecule has 2 aromatic rings. The number of H-pyrrole nitrogens is 1. The van der Waals surface area contributed by atoms with Gasteiger partial charge in [0.25, 0.3) is 0 Å². The van der Waals surface area contributed by atoms with Crippen LogP contribution in [0.5, 0.6) is 0 Å². The van der Waals surface area contributed by atoms with Gasteiger partial charge in [0, 0.05) is 18.2 Å². The van der Waals surface area contributed by atoms with Gasteiger partial charge in [-0.3, -0.25) is 4.90 Å². The number of aromatic nitrogens is 3. The second-order valence-corrected chi connectivity index (χ2v) is 6.61. The van der Waals surface area contributed by atoms with Gasteiger partial charge >= 0.3 is 5.97 Å². The van der Waals surface area contributed by atoms with Crippen LogP contribution in [0.3, 0.4) is 0 Å².